The van der Waals surface area contributed by atoms with Gasteiger partial charge in [0.15, 0.2) is 5.82 Å². The van der Waals surface area contributed by atoms with E-state index in [0.717, 1.165) is 11.5 Å². The van der Waals surface area contributed by atoms with Gasteiger partial charge < -0.3 is 4.52 Å². The van der Waals surface area contributed by atoms with Gasteiger partial charge in [0.2, 0.25) is 5.89 Å². The topological polar surface area (TPSA) is 51.8 Å². The molecule has 1 aliphatic carbocycles. The molecule has 1 fully saturated rings. The molecular formula is C15H21N3OS. The summed E-state index contributed by atoms with van der Waals surface area (Å²) in [4.78, 5) is 9.29. The Kier molecular flexibility index (Phi) is 3.87. The van der Waals surface area contributed by atoms with Crippen LogP contribution in [-0.2, 0) is 0 Å². The smallest absolute Gasteiger partial charge is 0.235 e. The monoisotopic (exact) mass is 291 g/mol. The van der Waals surface area contributed by atoms with Crippen molar-refractivity contribution >= 4 is 11.3 Å². The predicted octanol–water partition coefficient (Wildman–Crippen LogP) is 4.46. The zero-order valence-corrected chi connectivity index (χ0v) is 13.1. The first-order valence-corrected chi connectivity index (χ1v) is 8.32. The molecule has 20 heavy (non-hydrogen) atoms. The van der Waals surface area contributed by atoms with Crippen molar-refractivity contribution in [3.8, 4) is 0 Å². The summed E-state index contributed by atoms with van der Waals surface area (Å²) < 4.78 is 5.38. The second-order valence-electron chi connectivity index (χ2n) is 5.96. The summed E-state index contributed by atoms with van der Waals surface area (Å²) in [6, 6.07) is 0. The summed E-state index contributed by atoms with van der Waals surface area (Å²) in [5.41, 5.74) is 1.07. The van der Waals surface area contributed by atoms with Gasteiger partial charge in [-0.1, -0.05) is 31.8 Å². The lowest BCUT2D eigenvalue weighted by atomic mass is 10.1. The molecular weight excluding hydrogens is 270 g/mol. The van der Waals surface area contributed by atoms with Crippen LogP contribution in [0.3, 0.4) is 0 Å². The molecule has 2 heterocycles. The van der Waals surface area contributed by atoms with Crippen LogP contribution in [0.2, 0.25) is 0 Å². The number of nitrogens with zero attached hydrogens (tertiary/aromatic N) is 3. The van der Waals surface area contributed by atoms with Crippen molar-refractivity contribution in [2.45, 2.75) is 64.2 Å². The molecule has 0 N–H and O–H groups in total. The number of hydrogen-bond acceptors (Lipinski definition) is 5. The third kappa shape index (κ3) is 2.64. The molecule has 108 valence electrons. The lowest BCUT2D eigenvalue weighted by molar-refractivity contribution is 0.362. The highest BCUT2D eigenvalue weighted by molar-refractivity contribution is 7.09. The minimum absolute atomic E-state index is 0.0846. The van der Waals surface area contributed by atoms with Crippen molar-refractivity contribution in [3.63, 3.8) is 0 Å². The van der Waals surface area contributed by atoms with Gasteiger partial charge >= 0.3 is 0 Å². The van der Waals surface area contributed by atoms with Gasteiger partial charge in [0, 0.05) is 17.2 Å². The SMILES string of the molecule is CC(C)c1noc(C(C)c2csc(C3CCCC3)n2)n1. The Hall–Kier alpha value is -1.23. The molecule has 0 amide bonds. The van der Waals surface area contributed by atoms with E-state index in [2.05, 4.69) is 36.3 Å². The molecule has 0 spiro atoms. The van der Waals surface area contributed by atoms with E-state index in [1.165, 1.54) is 30.7 Å². The van der Waals surface area contributed by atoms with E-state index >= 15 is 0 Å². The molecule has 0 radical (unpaired) electrons. The van der Waals surface area contributed by atoms with Crippen LogP contribution in [0.15, 0.2) is 9.90 Å². The molecule has 1 unspecified atom stereocenters. The van der Waals surface area contributed by atoms with Crippen LogP contribution in [-0.4, -0.2) is 15.1 Å². The van der Waals surface area contributed by atoms with E-state index < -0.39 is 0 Å². The zero-order valence-electron chi connectivity index (χ0n) is 12.3. The van der Waals surface area contributed by atoms with E-state index in [1.807, 2.05) is 0 Å². The number of rotatable bonds is 4. The minimum atomic E-state index is 0.0846. The Balaban J connectivity index is 1.77. The van der Waals surface area contributed by atoms with Crippen molar-refractivity contribution in [2.75, 3.05) is 0 Å². The highest BCUT2D eigenvalue weighted by Gasteiger charge is 2.24. The predicted molar refractivity (Wildman–Crippen MR) is 79.2 cm³/mol. The van der Waals surface area contributed by atoms with Gasteiger partial charge in [-0.3, -0.25) is 0 Å². The average Bonchev–Trinajstić information content (AvgIpc) is 3.17. The van der Waals surface area contributed by atoms with Crippen LogP contribution in [0.1, 0.15) is 86.6 Å². The van der Waals surface area contributed by atoms with Crippen molar-refractivity contribution in [1.29, 1.82) is 0 Å². The van der Waals surface area contributed by atoms with Crippen molar-refractivity contribution < 1.29 is 4.52 Å². The van der Waals surface area contributed by atoms with Crippen molar-refractivity contribution in [3.05, 3.63) is 27.8 Å². The third-order valence-corrected chi connectivity index (χ3v) is 5.06. The van der Waals surface area contributed by atoms with Gasteiger partial charge in [0.25, 0.3) is 0 Å². The molecule has 0 saturated heterocycles. The minimum Gasteiger partial charge on any atom is -0.339 e. The Morgan fingerprint density at radius 3 is 2.60 bits per heavy atom. The van der Waals surface area contributed by atoms with Crippen LogP contribution in [0, 0.1) is 0 Å². The molecule has 3 rings (SSSR count). The molecule has 2 aromatic rings. The Bertz CT molecular complexity index is 569. The highest BCUT2D eigenvalue weighted by atomic mass is 32.1. The van der Waals surface area contributed by atoms with Crippen molar-refractivity contribution in [1.82, 2.24) is 15.1 Å². The van der Waals surface area contributed by atoms with Crippen molar-refractivity contribution in [2.24, 2.45) is 0 Å². The van der Waals surface area contributed by atoms with E-state index in [1.54, 1.807) is 11.3 Å². The van der Waals surface area contributed by atoms with E-state index in [-0.39, 0.29) is 5.92 Å². The molecule has 1 atom stereocenters. The Morgan fingerprint density at radius 2 is 1.95 bits per heavy atom. The molecule has 1 saturated carbocycles. The molecule has 0 aromatic carbocycles. The largest absolute Gasteiger partial charge is 0.339 e. The first-order valence-electron chi connectivity index (χ1n) is 7.44. The first kappa shape index (κ1) is 13.7. The second-order valence-corrected chi connectivity index (χ2v) is 6.85. The maximum Gasteiger partial charge on any atom is 0.235 e. The molecule has 0 bridgehead atoms. The molecule has 4 nitrogen and oxygen atoms in total. The molecule has 2 aromatic heterocycles. The summed E-state index contributed by atoms with van der Waals surface area (Å²) in [6.45, 7) is 6.23. The van der Waals surface area contributed by atoms with Gasteiger partial charge in [-0.25, -0.2) is 4.98 Å². The van der Waals surface area contributed by atoms with Crippen LogP contribution in [0.4, 0.5) is 0 Å². The molecule has 5 heteroatoms. The Morgan fingerprint density at radius 1 is 1.20 bits per heavy atom. The van der Waals surface area contributed by atoms with Crippen LogP contribution in [0.25, 0.3) is 0 Å². The molecule has 1 aliphatic rings. The van der Waals surface area contributed by atoms with Crippen LogP contribution >= 0.6 is 11.3 Å². The van der Waals surface area contributed by atoms with E-state index in [4.69, 9.17) is 9.51 Å². The first-order chi connectivity index (χ1) is 9.65. The fourth-order valence-corrected chi connectivity index (χ4v) is 3.73. The average molecular weight is 291 g/mol. The van der Waals surface area contributed by atoms with Crippen LogP contribution in [0.5, 0.6) is 0 Å². The van der Waals surface area contributed by atoms with Gasteiger partial charge in [0.1, 0.15) is 0 Å². The maximum atomic E-state index is 5.38. The van der Waals surface area contributed by atoms with Gasteiger partial charge in [0.05, 0.1) is 16.6 Å². The summed E-state index contributed by atoms with van der Waals surface area (Å²) >= 11 is 1.78. The summed E-state index contributed by atoms with van der Waals surface area (Å²) in [5, 5.41) is 7.47. The highest BCUT2D eigenvalue weighted by Crippen LogP contribution is 2.37. The summed E-state index contributed by atoms with van der Waals surface area (Å²) in [6.07, 6.45) is 5.27. The van der Waals surface area contributed by atoms with Gasteiger partial charge in [-0.05, 0) is 19.8 Å². The zero-order chi connectivity index (χ0) is 14.1. The van der Waals surface area contributed by atoms with Crippen LogP contribution < -0.4 is 0 Å². The summed E-state index contributed by atoms with van der Waals surface area (Å²) in [7, 11) is 0. The second kappa shape index (κ2) is 5.64. The van der Waals surface area contributed by atoms with E-state index in [9.17, 15) is 0 Å². The Labute approximate surface area is 123 Å². The number of aromatic nitrogens is 3. The standard InChI is InChI=1S/C15H21N3OS/c1-9(2)13-17-14(19-18-13)10(3)12-8-20-15(16-12)11-6-4-5-7-11/h8-11H,4-7H2,1-3H3. The summed E-state index contributed by atoms with van der Waals surface area (Å²) in [5.74, 6) is 2.51. The fourth-order valence-electron chi connectivity index (χ4n) is 2.64. The number of thiazole rings is 1. The van der Waals surface area contributed by atoms with Gasteiger partial charge in [-0.15, -0.1) is 11.3 Å². The lowest BCUT2D eigenvalue weighted by Crippen LogP contribution is -1.99. The quantitative estimate of drug-likeness (QED) is 0.834. The third-order valence-electron chi connectivity index (χ3n) is 4.03. The van der Waals surface area contributed by atoms with Gasteiger partial charge in [-0.2, -0.15) is 4.98 Å². The lowest BCUT2D eigenvalue weighted by Gasteiger charge is -2.04. The molecule has 0 aliphatic heterocycles. The number of hydrogen-bond donors (Lipinski definition) is 0. The fraction of sp³-hybridized carbons (Fsp3) is 0.667. The maximum absolute atomic E-state index is 5.38. The normalized spacial score (nSPS) is 18.0. The van der Waals surface area contributed by atoms with E-state index in [0.29, 0.717) is 17.7 Å².